The third-order valence-electron chi connectivity index (χ3n) is 12.1. The van der Waals surface area contributed by atoms with Crippen molar-refractivity contribution in [1.29, 1.82) is 0 Å². The Balaban J connectivity index is 1.04. The lowest BCUT2D eigenvalue weighted by Gasteiger charge is -2.12. The number of fused-ring (bicyclic) bond motifs is 6. The van der Waals surface area contributed by atoms with Crippen molar-refractivity contribution in [3.63, 3.8) is 0 Å². The Hall–Kier alpha value is -8.47. The summed E-state index contributed by atoms with van der Waals surface area (Å²) in [6.07, 6.45) is 0. The first-order valence-corrected chi connectivity index (χ1v) is 21.2. The van der Waals surface area contributed by atoms with E-state index in [9.17, 15) is 0 Å². The summed E-state index contributed by atoms with van der Waals surface area (Å²) in [6.45, 7) is 0. The van der Waals surface area contributed by atoms with E-state index in [1.807, 2.05) is 6.07 Å². The van der Waals surface area contributed by atoms with E-state index in [0.29, 0.717) is 17.5 Å². The average Bonchev–Trinajstić information content (AvgIpc) is 3.75. The maximum atomic E-state index is 6.77. The first kappa shape index (κ1) is 36.4. The van der Waals surface area contributed by atoms with Crippen molar-refractivity contribution in [2.45, 2.75) is 0 Å². The van der Waals surface area contributed by atoms with Crippen LogP contribution in [0, 0.1) is 0 Å². The Morgan fingerprint density at radius 1 is 0.254 bits per heavy atom. The lowest BCUT2D eigenvalue weighted by Crippen LogP contribution is -2.01. The maximum Gasteiger partial charge on any atom is 0.164 e. The first-order chi connectivity index (χ1) is 31.2. The molecule has 0 saturated carbocycles. The molecule has 0 fully saturated rings. The van der Waals surface area contributed by atoms with Crippen molar-refractivity contribution in [3.05, 3.63) is 224 Å². The van der Waals surface area contributed by atoms with Gasteiger partial charge in [-0.25, -0.2) is 15.0 Å². The smallest absolute Gasteiger partial charge is 0.164 e. The second-order valence-corrected chi connectivity index (χ2v) is 16.0. The standard InChI is InChI=1S/C59H37N3O/c1-4-15-38(16-5-1)41-27-29-43(30-28-41)57-60-58(51-26-14-22-42-21-10-11-23-48(42)51)62-59(61-57)52-37-55-56(50-25-13-12-24-49(50)52)53-36-44(31-32-54(53)63-55)47-34-45(39-17-6-2-7-18-39)33-46(35-47)40-19-8-3-9-20-40/h1-37H. The quantitative estimate of drug-likeness (QED) is 0.161. The molecule has 0 aliphatic carbocycles. The highest BCUT2D eigenvalue weighted by Crippen LogP contribution is 2.42. The summed E-state index contributed by atoms with van der Waals surface area (Å²) < 4.78 is 6.77. The second kappa shape index (κ2) is 15.2. The van der Waals surface area contributed by atoms with Gasteiger partial charge in [-0.1, -0.05) is 188 Å². The topological polar surface area (TPSA) is 51.8 Å². The van der Waals surface area contributed by atoms with Crippen LogP contribution in [0.3, 0.4) is 0 Å². The molecule has 63 heavy (non-hydrogen) atoms. The zero-order valence-electron chi connectivity index (χ0n) is 34.1. The van der Waals surface area contributed by atoms with Crippen molar-refractivity contribution in [1.82, 2.24) is 15.0 Å². The van der Waals surface area contributed by atoms with Crippen LogP contribution in [-0.4, -0.2) is 15.0 Å². The minimum Gasteiger partial charge on any atom is -0.456 e. The van der Waals surface area contributed by atoms with Crippen molar-refractivity contribution in [3.8, 4) is 78.7 Å². The Kier molecular flexibility index (Phi) is 8.79. The van der Waals surface area contributed by atoms with E-state index in [0.717, 1.165) is 82.4 Å². The fourth-order valence-electron chi connectivity index (χ4n) is 9.00. The van der Waals surface area contributed by atoms with Crippen LogP contribution >= 0.6 is 0 Å². The van der Waals surface area contributed by atoms with E-state index in [1.165, 1.54) is 22.3 Å². The summed E-state index contributed by atoms with van der Waals surface area (Å²) in [5.41, 5.74) is 13.6. The largest absolute Gasteiger partial charge is 0.456 e. The van der Waals surface area contributed by atoms with E-state index in [2.05, 4.69) is 218 Å². The Bertz CT molecular complexity index is 3590. The highest BCUT2D eigenvalue weighted by molar-refractivity contribution is 6.22. The first-order valence-electron chi connectivity index (χ1n) is 21.2. The van der Waals surface area contributed by atoms with Gasteiger partial charge < -0.3 is 4.42 Å². The van der Waals surface area contributed by atoms with Gasteiger partial charge in [0, 0.05) is 27.5 Å². The maximum absolute atomic E-state index is 6.77. The average molecular weight is 804 g/mol. The summed E-state index contributed by atoms with van der Waals surface area (Å²) >= 11 is 0. The zero-order valence-corrected chi connectivity index (χ0v) is 34.1. The van der Waals surface area contributed by atoms with E-state index < -0.39 is 0 Å². The number of rotatable bonds is 7. The Labute approximate surface area is 364 Å². The van der Waals surface area contributed by atoms with Crippen LogP contribution < -0.4 is 0 Å². The summed E-state index contributed by atoms with van der Waals surface area (Å²) in [4.78, 5) is 15.7. The molecular weight excluding hydrogens is 767 g/mol. The molecule has 0 N–H and O–H groups in total. The van der Waals surface area contributed by atoms with Gasteiger partial charge in [-0.05, 0) is 102 Å². The van der Waals surface area contributed by atoms with E-state index in [4.69, 9.17) is 19.4 Å². The molecule has 0 aliphatic heterocycles. The minimum absolute atomic E-state index is 0.584. The van der Waals surface area contributed by atoms with Gasteiger partial charge in [-0.15, -0.1) is 0 Å². The molecule has 0 amide bonds. The lowest BCUT2D eigenvalue weighted by molar-refractivity contribution is 0.669. The molecule has 0 saturated heterocycles. The van der Waals surface area contributed by atoms with Crippen LogP contribution in [0.25, 0.3) is 122 Å². The molecule has 0 spiro atoms. The number of nitrogens with zero attached hydrogens (tertiary/aromatic N) is 3. The molecule has 294 valence electrons. The van der Waals surface area contributed by atoms with Gasteiger partial charge in [0.25, 0.3) is 0 Å². The second-order valence-electron chi connectivity index (χ2n) is 16.0. The van der Waals surface area contributed by atoms with Crippen LogP contribution in [0.4, 0.5) is 0 Å². The van der Waals surface area contributed by atoms with Crippen molar-refractivity contribution in [2.24, 2.45) is 0 Å². The fraction of sp³-hybridized carbons (Fsp3) is 0. The van der Waals surface area contributed by atoms with Gasteiger partial charge in [-0.2, -0.15) is 0 Å². The molecule has 0 aliphatic rings. The van der Waals surface area contributed by atoms with Crippen molar-refractivity contribution < 1.29 is 4.42 Å². The van der Waals surface area contributed by atoms with Crippen LogP contribution in [0.15, 0.2) is 229 Å². The lowest BCUT2D eigenvalue weighted by atomic mass is 9.92. The van der Waals surface area contributed by atoms with E-state index in [1.54, 1.807) is 0 Å². The molecule has 12 aromatic rings. The van der Waals surface area contributed by atoms with Crippen LogP contribution in [0.1, 0.15) is 0 Å². The molecular formula is C59H37N3O. The molecule has 0 radical (unpaired) electrons. The summed E-state index contributed by atoms with van der Waals surface area (Å²) in [5, 5.41) is 6.45. The normalized spacial score (nSPS) is 11.5. The number of hydrogen-bond donors (Lipinski definition) is 0. The van der Waals surface area contributed by atoms with Crippen molar-refractivity contribution in [2.75, 3.05) is 0 Å². The summed E-state index contributed by atoms with van der Waals surface area (Å²) in [7, 11) is 0. The van der Waals surface area contributed by atoms with Crippen molar-refractivity contribution >= 4 is 43.5 Å². The molecule has 12 rings (SSSR count). The summed E-state index contributed by atoms with van der Waals surface area (Å²) in [5.74, 6) is 1.80. The zero-order chi connectivity index (χ0) is 41.7. The van der Waals surface area contributed by atoms with Gasteiger partial charge in [0.15, 0.2) is 17.5 Å². The third-order valence-corrected chi connectivity index (χ3v) is 12.1. The molecule has 0 atom stereocenters. The van der Waals surface area contributed by atoms with Gasteiger partial charge in [0.05, 0.1) is 0 Å². The Morgan fingerprint density at radius 2 is 0.730 bits per heavy atom. The number of aromatic nitrogens is 3. The molecule has 0 bridgehead atoms. The molecule has 2 aromatic heterocycles. The molecule has 4 heteroatoms. The van der Waals surface area contributed by atoms with E-state index in [-0.39, 0.29) is 0 Å². The molecule has 4 nitrogen and oxygen atoms in total. The van der Waals surface area contributed by atoms with Crippen LogP contribution in [0.2, 0.25) is 0 Å². The highest BCUT2D eigenvalue weighted by Gasteiger charge is 2.20. The SMILES string of the molecule is c1ccc(-c2ccc(-c3nc(-c4cccc5ccccc45)nc(-c4cc5oc6ccc(-c7cc(-c8ccccc8)cc(-c8ccccc8)c7)cc6c5c5ccccc45)n3)cc2)cc1. The minimum atomic E-state index is 0.584. The Morgan fingerprint density at radius 3 is 1.40 bits per heavy atom. The van der Waals surface area contributed by atoms with Gasteiger partial charge in [0.1, 0.15) is 11.2 Å². The molecule has 10 aromatic carbocycles. The van der Waals surface area contributed by atoms with Gasteiger partial charge in [-0.3, -0.25) is 0 Å². The van der Waals surface area contributed by atoms with Gasteiger partial charge >= 0.3 is 0 Å². The van der Waals surface area contributed by atoms with E-state index >= 15 is 0 Å². The van der Waals surface area contributed by atoms with Gasteiger partial charge in [0.2, 0.25) is 0 Å². The molecule has 2 heterocycles. The van der Waals surface area contributed by atoms with Crippen LogP contribution in [0.5, 0.6) is 0 Å². The fourth-order valence-corrected chi connectivity index (χ4v) is 9.00. The number of hydrogen-bond acceptors (Lipinski definition) is 4. The molecule has 0 unspecified atom stereocenters. The highest BCUT2D eigenvalue weighted by atomic mass is 16.3. The monoisotopic (exact) mass is 803 g/mol. The summed E-state index contributed by atoms with van der Waals surface area (Å²) in [6, 6.07) is 78.8. The number of benzene rings is 10. The van der Waals surface area contributed by atoms with Crippen LogP contribution in [-0.2, 0) is 0 Å². The third kappa shape index (κ3) is 6.62. The predicted molar refractivity (Wildman–Crippen MR) is 260 cm³/mol. The number of furan rings is 1. The predicted octanol–water partition coefficient (Wildman–Crippen LogP) is 15.7.